The summed E-state index contributed by atoms with van der Waals surface area (Å²) in [6, 6.07) is 0. The number of rotatable bonds is 5. The summed E-state index contributed by atoms with van der Waals surface area (Å²) in [7, 11) is 0. The average Bonchev–Trinajstić information content (AvgIpc) is 2.69. The predicted octanol–water partition coefficient (Wildman–Crippen LogP) is 1.75. The molecule has 9 heteroatoms. The molecule has 0 saturated carbocycles. The van der Waals surface area contributed by atoms with E-state index in [1.165, 1.54) is 11.3 Å². The van der Waals surface area contributed by atoms with E-state index in [1.807, 2.05) is 0 Å². The molecule has 0 spiro atoms. The van der Waals surface area contributed by atoms with Crippen LogP contribution in [-0.4, -0.2) is 34.6 Å². The maximum atomic E-state index is 11.4. The van der Waals surface area contributed by atoms with Gasteiger partial charge in [-0.2, -0.15) is 0 Å². The van der Waals surface area contributed by atoms with Gasteiger partial charge >= 0.3 is 5.97 Å². The molecule has 6 nitrogen and oxygen atoms in total. The summed E-state index contributed by atoms with van der Waals surface area (Å²) in [5.74, 6) is -0.472. The second-order valence-electron chi connectivity index (χ2n) is 3.08. The number of hydrogen-bond donors (Lipinski definition) is 2. The molecule has 0 radical (unpaired) electrons. The lowest BCUT2D eigenvalue weighted by molar-refractivity contribution is -0.138. The van der Waals surface area contributed by atoms with Crippen molar-refractivity contribution in [1.82, 2.24) is 15.5 Å². The normalized spacial score (nSPS) is 9.89. The molecule has 0 atom stereocenters. The van der Waals surface area contributed by atoms with E-state index in [4.69, 9.17) is 4.74 Å². The quantitative estimate of drug-likeness (QED) is 0.284. The lowest BCUT2D eigenvalue weighted by Crippen LogP contribution is -2.24. The van der Waals surface area contributed by atoms with Crippen LogP contribution in [0.4, 0.5) is 4.79 Å². The predicted molar refractivity (Wildman–Crippen MR) is 72.2 cm³/mol. The lowest BCUT2D eigenvalue weighted by atomic mass is 10.4. The van der Waals surface area contributed by atoms with E-state index in [0.717, 1.165) is 11.8 Å². The van der Waals surface area contributed by atoms with Gasteiger partial charge in [-0.1, -0.05) is 17.9 Å². The molecule has 1 N–H and O–H groups in total. The number of aromatic nitrogens is 2. The van der Waals surface area contributed by atoms with Gasteiger partial charge in [0.1, 0.15) is 6.61 Å². The zero-order valence-electron chi connectivity index (χ0n) is 9.50. The van der Waals surface area contributed by atoms with Crippen LogP contribution in [0.15, 0.2) is 20.8 Å². The fourth-order valence-electron chi connectivity index (χ4n) is 0.779. The highest BCUT2D eigenvalue weighted by Gasteiger charge is 2.09. The van der Waals surface area contributed by atoms with E-state index in [2.05, 4.69) is 34.7 Å². The molecule has 98 valence electrons. The molecule has 1 aromatic heterocycles. The number of thioether (sulfide) groups is 1. The number of carbonyl (C=O) groups excluding carboxylic acids is 2. The number of esters is 1. The molecule has 0 aliphatic rings. The SMILES string of the molecule is C=C(C)C(=O)OCCNC(=O)Sc1nnc(S)s1. The van der Waals surface area contributed by atoms with Gasteiger partial charge in [-0.15, -0.1) is 22.8 Å². The first kappa shape index (κ1) is 15.0. The number of hydrogen-bond acceptors (Lipinski definition) is 8. The van der Waals surface area contributed by atoms with E-state index >= 15 is 0 Å². The van der Waals surface area contributed by atoms with Gasteiger partial charge in [-0.25, -0.2) is 4.79 Å². The molecule has 0 aliphatic heterocycles. The van der Waals surface area contributed by atoms with E-state index in [9.17, 15) is 9.59 Å². The first-order chi connectivity index (χ1) is 8.49. The Kier molecular flexibility index (Phi) is 6.16. The van der Waals surface area contributed by atoms with Gasteiger partial charge in [0.15, 0.2) is 8.68 Å². The van der Waals surface area contributed by atoms with Crippen molar-refractivity contribution < 1.29 is 14.3 Å². The van der Waals surface area contributed by atoms with Crippen LogP contribution in [0.3, 0.4) is 0 Å². The third kappa shape index (κ3) is 5.52. The molecule has 1 rings (SSSR count). The Morgan fingerprint density at radius 2 is 2.28 bits per heavy atom. The van der Waals surface area contributed by atoms with Gasteiger partial charge in [0.25, 0.3) is 5.24 Å². The van der Waals surface area contributed by atoms with Crippen LogP contribution >= 0.6 is 35.7 Å². The van der Waals surface area contributed by atoms with Gasteiger partial charge in [-0.05, 0) is 6.92 Å². The summed E-state index contributed by atoms with van der Waals surface area (Å²) in [6.45, 7) is 5.33. The molecule has 0 bridgehead atoms. The van der Waals surface area contributed by atoms with Crippen LogP contribution in [0.25, 0.3) is 0 Å². The Morgan fingerprint density at radius 3 is 2.83 bits per heavy atom. The number of carbonyl (C=O) groups is 2. The Balaban J connectivity index is 2.18. The van der Waals surface area contributed by atoms with Crippen LogP contribution in [0.2, 0.25) is 0 Å². The Bertz CT molecular complexity index is 461. The second-order valence-corrected chi connectivity index (χ2v) is 6.01. The minimum Gasteiger partial charge on any atom is -0.460 e. The highest BCUT2D eigenvalue weighted by Crippen LogP contribution is 2.24. The van der Waals surface area contributed by atoms with E-state index in [-0.39, 0.29) is 18.4 Å². The molecule has 0 aromatic carbocycles. The van der Waals surface area contributed by atoms with E-state index < -0.39 is 5.97 Å². The van der Waals surface area contributed by atoms with Crippen molar-refractivity contribution in [3.05, 3.63) is 12.2 Å². The maximum Gasteiger partial charge on any atom is 0.333 e. The van der Waals surface area contributed by atoms with Crippen molar-refractivity contribution >= 4 is 46.9 Å². The van der Waals surface area contributed by atoms with Crippen molar-refractivity contribution in [3.63, 3.8) is 0 Å². The topological polar surface area (TPSA) is 81.2 Å². The molecule has 18 heavy (non-hydrogen) atoms. The van der Waals surface area contributed by atoms with Crippen molar-refractivity contribution in [2.75, 3.05) is 13.2 Å². The Labute approximate surface area is 118 Å². The van der Waals surface area contributed by atoms with Gasteiger partial charge < -0.3 is 10.1 Å². The van der Waals surface area contributed by atoms with Crippen LogP contribution < -0.4 is 5.32 Å². The lowest BCUT2D eigenvalue weighted by Gasteiger charge is -2.04. The number of ether oxygens (including phenoxy) is 1. The zero-order chi connectivity index (χ0) is 13.5. The minimum absolute atomic E-state index is 0.103. The first-order valence-electron chi connectivity index (χ1n) is 4.80. The van der Waals surface area contributed by atoms with Gasteiger partial charge in [0.05, 0.1) is 6.54 Å². The highest BCUT2D eigenvalue weighted by atomic mass is 32.2. The summed E-state index contributed by atoms with van der Waals surface area (Å²) in [6.07, 6.45) is 0. The number of nitrogens with zero attached hydrogens (tertiary/aromatic N) is 2. The Hall–Kier alpha value is -1.06. The van der Waals surface area contributed by atoms with E-state index in [1.54, 1.807) is 6.92 Å². The largest absolute Gasteiger partial charge is 0.460 e. The van der Waals surface area contributed by atoms with Crippen LogP contribution in [0.5, 0.6) is 0 Å². The second kappa shape index (κ2) is 7.39. The van der Waals surface area contributed by atoms with Crippen molar-refractivity contribution in [1.29, 1.82) is 0 Å². The number of nitrogens with one attached hydrogen (secondary N) is 1. The number of thiol groups is 1. The third-order valence-electron chi connectivity index (χ3n) is 1.53. The van der Waals surface area contributed by atoms with E-state index in [0.29, 0.717) is 14.3 Å². The molecular formula is C9H11N3O3S3. The molecule has 0 fully saturated rings. The smallest absolute Gasteiger partial charge is 0.333 e. The standard InChI is InChI=1S/C9H11N3O3S3/c1-5(2)6(13)15-4-3-10-7(14)17-9-12-11-8(16)18-9/h1,3-4H2,2H3,(H,10,14)(H,11,16). The molecule has 0 saturated heterocycles. The molecular weight excluding hydrogens is 294 g/mol. The van der Waals surface area contributed by atoms with Crippen LogP contribution in [-0.2, 0) is 9.53 Å². The highest BCUT2D eigenvalue weighted by molar-refractivity contribution is 8.14. The van der Waals surface area contributed by atoms with Gasteiger partial charge in [0.2, 0.25) is 0 Å². The monoisotopic (exact) mass is 305 g/mol. The summed E-state index contributed by atoms with van der Waals surface area (Å²) < 4.78 is 5.82. The van der Waals surface area contributed by atoms with Crippen molar-refractivity contribution in [2.24, 2.45) is 0 Å². The Morgan fingerprint density at radius 1 is 1.56 bits per heavy atom. The molecule has 0 unspecified atom stereocenters. The van der Waals surface area contributed by atoms with Crippen molar-refractivity contribution in [2.45, 2.75) is 15.6 Å². The first-order valence-corrected chi connectivity index (χ1v) is 6.88. The molecule has 0 aliphatic carbocycles. The fourth-order valence-corrected chi connectivity index (χ4v) is 2.63. The van der Waals surface area contributed by atoms with Gasteiger partial charge in [0, 0.05) is 17.3 Å². The summed E-state index contributed by atoms with van der Waals surface area (Å²) >= 11 is 6.12. The third-order valence-corrected chi connectivity index (χ3v) is 3.50. The van der Waals surface area contributed by atoms with Crippen LogP contribution in [0.1, 0.15) is 6.92 Å². The van der Waals surface area contributed by atoms with Crippen molar-refractivity contribution in [3.8, 4) is 0 Å². The molecule has 1 amide bonds. The van der Waals surface area contributed by atoms with Crippen LogP contribution in [0, 0.1) is 0 Å². The summed E-state index contributed by atoms with van der Waals surface area (Å²) in [4.78, 5) is 22.4. The minimum atomic E-state index is -0.472. The fraction of sp³-hybridized carbons (Fsp3) is 0.333. The average molecular weight is 305 g/mol. The molecule has 1 aromatic rings. The molecule has 1 heterocycles. The summed E-state index contributed by atoms with van der Waals surface area (Å²) in [5, 5.41) is 9.67. The zero-order valence-corrected chi connectivity index (χ0v) is 12.0. The summed E-state index contributed by atoms with van der Waals surface area (Å²) in [5.41, 5.74) is 0.325. The maximum absolute atomic E-state index is 11.4. The van der Waals surface area contributed by atoms with Gasteiger partial charge in [-0.3, -0.25) is 4.79 Å². The number of amides is 1.